The van der Waals surface area contributed by atoms with Gasteiger partial charge >= 0.3 is 0 Å². The Morgan fingerprint density at radius 3 is 2.35 bits per heavy atom. The van der Waals surface area contributed by atoms with Gasteiger partial charge in [-0.15, -0.1) is 0 Å². The normalized spacial score (nSPS) is 14.5. The molecule has 0 fully saturated rings. The number of nitrogens with two attached hydrogens (primary N) is 1. The Morgan fingerprint density at radius 1 is 1.24 bits per heavy atom. The largest absolute Gasteiger partial charge is 0.348 e. The van der Waals surface area contributed by atoms with Crippen molar-refractivity contribution in [3.05, 3.63) is 35.4 Å². The minimum atomic E-state index is -0.443. The molecule has 1 amide bonds. The Hall–Kier alpha value is -1.35. The smallest absolute Gasteiger partial charge is 0.237 e. The predicted octanol–water partition coefficient (Wildman–Crippen LogP) is 2.16. The number of nitrogens with one attached hydrogen (secondary N) is 1. The minimum Gasteiger partial charge on any atom is -0.348 e. The zero-order chi connectivity index (χ0) is 13.0. The Labute approximate surface area is 103 Å². The molecule has 94 valence electrons. The summed E-state index contributed by atoms with van der Waals surface area (Å²) in [6, 6.07) is 7.59. The summed E-state index contributed by atoms with van der Waals surface area (Å²) < 4.78 is 0. The van der Waals surface area contributed by atoms with Crippen LogP contribution < -0.4 is 11.1 Å². The highest BCUT2D eigenvalue weighted by Gasteiger charge is 2.19. The Bertz CT molecular complexity index is 388. The van der Waals surface area contributed by atoms with Gasteiger partial charge in [0.25, 0.3) is 0 Å². The third kappa shape index (κ3) is 3.56. The Kier molecular flexibility index (Phi) is 4.70. The fraction of sp³-hybridized carbons (Fsp3) is 0.500. The van der Waals surface area contributed by atoms with Gasteiger partial charge in [0.1, 0.15) is 0 Å². The lowest BCUT2D eigenvalue weighted by atomic mass is 10.0. The van der Waals surface area contributed by atoms with E-state index in [2.05, 4.69) is 5.32 Å². The lowest BCUT2D eigenvalue weighted by Crippen LogP contribution is -2.44. The number of benzene rings is 1. The van der Waals surface area contributed by atoms with Gasteiger partial charge in [0, 0.05) is 0 Å². The summed E-state index contributed by atoms with van der Waals surface area (Å²) in [5, 5.41) is 2.95. The van der Waals surface area contributed by atoms with Gasteiger partial charge in [-0.2, -0.15) is 0 Å². The van der Waals surface area contributed by atoms with E-state index in [1.807, 2.05) is 52.0 Å². The molecule has 3 N–H and O–H groups in total. The number of carbonyl (C=O) groups excluding carboxylic acids is 1. The topological polar surface area (TPSA) is 55.1 Å². The summed E-state index contributed by atoms with van der Waals surface area (Å²) in [6.07, 6.45) is 0. The molecule has 0 saturated heterocycles. The third-order valence-electron chi connectivity index (χ3n) is 3.03. The van der Waals surface area contributed by atoms with Crippen LogP contribution in [0.25, 0.3) is 0 Å². The van der Waals surface area contributed by atoms with Gasteiger partial charge in [-0.3, -0.25) is 4.79 Å². The van der Waals surface area contributed by atoms with Crippen molar-refractivity contribution in [2.24, 2.45) is 11.7 Å². The van der Waals surface area contributed by atoms with Gasteiger partial charge in [-0.25, -0.2) is 0 Å². The Morgan fingerprint density at radius 2 is 1.82 bits per heavy atom. The first-order chi connectivity index (χ1) is 7.93. The van der Waals surface area contributed by atoms with Crippen LogP contribution >= 0.6 is 0 Å². The molecule has 1 aromatic rings. The molecule has 2 atom stereocenters. The number of rotatable bonds is 4. The van der Waals surface area contributed by atoms with E-state index in [1.165, 1.54) is 5.56 Å². The van der Waals surface area contributed by atoms with E-state index in [-0.39, 0.29) is 17.9 Å². The van der Waals surface area contributed by atoms with Crippen LogP contribution in [0.3, 0.4) is 0 Å². The van der Waals surface area contributed by atoms with E-state index < -0.39 is 6.04 Å². The summed E-state index contributed by atoms with van der Waals surface area (Å²) >= 11 is 0. The lowest BCUT2D eigenvalue weighted by Gasteiger charge is -2.21. The SMILES string of the molecule is Cc1ccccc1C(C)NC(=O)[C@H](N)C(C)C. The average molecular weight is 234 g/mol. The summed E-state index contributed by atoms with van der Waals surface area (Å²) in [6.45, 7) is 7.92. The van der Waals surface area contributed by atoms with Crippen LogP contribution in [0.5, 0.6) is 0 Å². The molecule has 0 saturated carbocycles. The molecule has 0 aromatic heterocycles. The van der Waals surface area contributed by atoms with Crippen LogP contribution in [0.15, 0.2) is 24.3 Å². The summed E-state index contributed by atoms with van der Waals surface area (Å²) in [7, 11) is 0. The number of hydrogen-bond acceptors (Lipinski definition) is 2. The molecule has 0 aliphatic rings. The van der Waals surface area contributed by atoms with Crippen molar-refractivity contribution >= 4 is 5.91 Å². The van der Waals surface area contributed by atoms with Crippen LogP contribution in [0, 0.1) is 12.8 Å². The van der Waals surface area contributed by atoms with Gasteiger partial charge < -0.3 is 11.1 Å². The molecule has 0 spiro atoms. The summed E-state index contributed by atoms with van der Waals surface area (Å²) in [5.41, 5.74) is 8.13. The number of aryl methyl sites for hydroxylation is 1. The standard InChI is InChI=1S/C14H22N2O/c1-9(2)13(15)14(17)16-11(4)12-8-6-5-7-10(12)3/h5-9,11,13H,15H2,1-4H3,(H,16,17)/t11?,13-/m1/s1. The highest BCUT2D eigenvalue weighted by molar-refractivity contribution is 5.82. The van der Waals surface area contributed by atoms with Crippen molar-refractivity contribution in [2.75, 3.05) is 0 Å². The van der Waals surface area contributed by atoms with Crippen LogP contribution in [-0.2, 0) is 4.79 Å². The quantitative estimate of drug-likeness (QED) is 0.838. The maximum atomic E-state index is 11.8. The molecule has 0 bridgehead atoms. The molecule has 0 aliphatic heterocycles. The molecule has 1 rings (SSSR count). The van der Waals surface area contributed by atoms with Crippen molar-refractivity contribution in [1.29, 1.82) is 0 Å². The first-order valence-corrected chi connectivity index (χ1v) is 6.05. The molecule has 17 heavy (non-hydrogen) atoms. The van der Waals surface area contributed by atoms with Crippen molar-refractivity contribution < 1.29 is 4.79 Å². The first kappa shape index (κ1) is 13.7. The highest BCUT2D eigenvalue weighted by Crippen LogP contribution is 2.16. The molecule has 3 heteroatoms. The molecule has 0 radical (unpaired) electrons. The third-order valence-corrected chi connectivity index (χ3v) is 3.03. The Balaban J connectivity index is 2.70. The minimum absolute atomic E-state index is 0.00602. The zero-order valence-electron chi connectivity index (χ0n) is 11.0. The van der Waals surface area contributed by atoms with E-state index in [0.717, 1.165) is 5.56 Å². The van der Waals surface area contributed by atoms with Crippen molar-refractivity contribution in [3.63, 3.8) is 0 Å². The van der Waals surface area contributed by atoms with Gasteiger partial charge in [-0.1, -0.05) is 38.1 Å². The molecular formula is C14H22N2O. The molecule has 1 unspecified atom stereocenters. The highest BCUT2D eigenvalue weighted by atomic mass is 16.2. The van der Waals surface area contributed by atoms with Crippen LogP contribution in [0.4, 0.5) is 0 Å². The summed E-state index contributed by atoms with van der Waals surface area (Å²) in [4.78, 5) is 11.8. The molecule has 3 nitrogen and oxygen atoms in total. The molecule has 1 aromatic carbocycles. The maximum absolute atomic E-state index is 11.8. The van der Waals surface area contributed by atoms with E-state index in [0.29, 0.717) is 0 Å². The zero-order valence-corrected chi connectivity index (χ0v) is 11.0. The second-order valence-electron chi connectivity index (χ2n) is 4.86. The number of hydrogen-bond donors (Lipinski definition) is 2. The number of amides is 1. The second kappa shape index (κ2) is 5.82. The van der Waals surface area contributed by atoms with Crippen molar-refractivity contribution in [2.45, 2.75) is 39.8 Å². The fourth-order valence-electron chi connectivity index (χ4n) is 1.76. The van der Waals surface area contributed by atoms with E-state index >= 15 is 0 Å². The van der Waals surface area contributed by atoms with E-state index in [4.69, 9.17) is 5.73 Å². The fourth-order valence-corrected chi connectivity index (χ4v) is 1.76. The molecule has 0 heterocycles. The van der Waals surface area contributed by atoms with Gasteiger partial charge in [0.2, 0.25) is 5.91 Å². The van der Waals surface area contributed by atoms with Crippen LogP contribution in [0.1, 0.15) is 37.9 Å². The molecular weight excluding hydrogens is 212 g/mol. The van der Waals surface area contributed by atoms with Crippen molar-refractivity contribution in [3.8, 4) is 0 Å². The summed E-state index contributed by atoms with van der Waals surface area (Å²) in [5.74, 6) is 0.0647. The lowest BCUT2D eigenvalue weighted by molar-refractivity contribution is -0.123. The first-order valence-electron chi connectivity index (χ1n) is 6.05. The van der Waals surface area contributed by atoms with Gasteiger partial charge in [-0.05, 0) is 30.9 Å². The van der Waals surface area contributed by atoms with Crippen LogP contribution in [-0.4, -0.2) is 11.9 Å². The molecule has 0 aliphatic carbocycles. The predicted molar refractivity (Wildman–Crippen MR) is 70.6 cm³/mol. The van der Waals surface area contributed by atoms with E-state index in [9.17, 15) is 4.79 Å². The van der Waals surface area contributed by atoms with Gasteiger partial charge in [0.05, 0.1) is 12.1 Å². The van der Waals surface area contributed by atoms with Gasteiger partial charge in [0.15, 0.2) is 0 Å². The average Bonchev–Trinajstić information content (AvgIpc) is 2.28. The monoisotopic (exact) mass is 234 g/mol. The van der Waals surface area contributed by atoms with Crippen molar-refractivity contribution in [1.82, 2.24) is 5.32 Å². The van der Waals surface area contributed by atoms with Crippen LogP contribution in [0.2, 0.25) is 0 Å². The second-order valence-corrected chi connectivity index (χ2v) is 4.86. The number of carbonyl (C=O) groups is 1. The van der Waals surface area contributed by atoms with E-state index in [1.54, 1.807) is 0 Å². The maximum Gasteiger partial charge on any atom is 0.237 e.